The summed E-state index contributed by atoms with van der Waals surface area (Å²) in [5, 5.41) is 0. The summed E-state index contributed by atoms with van der Waals surface area (Å²) < 4.78 is 6.22. The molecule has 0 radical (unpaired) electrons. The molecule has 0 aliphatic carbocycles. The van der Waals surface area contributed by atoms with Gasteiger partial charge in [0.25, 0.3) is 0 Å². The van der Waals surface area contributed by atoms with Crippen molar-refractivity contribution in [3.05, 3.63) is 0 Å². The summed E-state index contributed by atoms with van der Waals surface area (Å²) in [5.74, 6) is 0.426. The fourth-order valence-corrected chi connectivity index (χ4v) is 4.09. The first kappa shape index (κ1) is 15.3. The third-order valence-electron chi connectivity index (χ3n) is 5.31. The van der Waals surface area contributed by atoms with Crippen LogP contribution in [0, 0.1) is 5.92 Å². The molecule has 3 heteroatoms. The van der Waals surface area contributed by atoms with Crippen molar-refractivity contribution in [2.24, 2.45) is 11.7 Å². The number of nitrogens with zero attached hydrogens (tertiary/aromatic N) is 1. The number of ether oxygens (including phenoxy) is 1. The molecule has 3 unspecified atom stereocenters. The molecule has 2 fully saturated rings. The smallest absolute Gasteiger partial charge is 0.0788 e. The minimum Gasteiger partial charge on any atom is -0.368 e. The number of nitrogens with two attached hydrogens (primary N) is 1. The molecule has 0 saturated carbocycles. The fourth-order valence-electron chi connectivity index (χ4n) is 4.09. The monoisotopic (exact) mass is 268 g/mol. The van der Waals surface area contributed by atoms with Crippen molar-refractivity contribution in [2.75, 3.05) is 13.1 Å². The molecule has 3 atom stereocenters. The topological polar surface area (TPSA) is 38.5 Å². The Labute approximate surface area is 118 Å². The molecule has 3 nitrogen and oxygen atoms in total. The van der Waals surface area contributed by atoms with Gasteiger partial charge in [0.1, 0.15) is 0 Å². The molecule has 0 aromatic rings. The van der Waals surface area contributed by atoms with Gasteiger partial charge in [0.15, 0.2) is 0 Å². The van der Waals surface area contributed by atoms with E-state index in [1.165, 1.54) is 32.2 Å². The predicted molar refractivity (Wildman–Crippen MR) is 80.2 cm³/mol. The normalized spacial score (nSPS) is 38.5. The molecule has 0 spiro atoms. The lowest BCUT2D eigenvalue weighted by Gasteiger charge is -2.40. The Hall–Kier alpha value is -0.120. The highest BCUT2D eigenvalue weighted by atomic mass is 16.5. The number of likely N-dealkylation sites (tertiary alicyclic amines) is 1. The van der Waals surface area contributed by atoms with Crippen LogP contribution in [0.5, 0.6) is 0 Å². The largest absolute Gasteiger partial charge is 0.368 e. The first-order valence-corrected chi connectivity index (χ1v) is 7.97. The minimum absolute atomic E-state index is 0.112. The van der Waals surface area contributed by atoms with E-state index in [0.717, 1.165) is 12.6 Å². The average molecular weight is 268 g/mol. The first-order valence-electron chi connectivity index (χ1n) is 7.97. The quantitative estimate of drug-likeness (QED) is 0.855. The van der Waals surface area contributed by atoms with E-state index >= 15 is 0 Å². The van der Waals surface area contributed by atoms with Crippen molar-refractivity contribution >= 4 is 0 Å². The van der Waals surface area contributed by atoms with Crippen LogP contribution in [0.4, 0.5) is 0 Å². The van der Waals surface area contributed by atoms with E-state index in [2.05, 4.69) is 39.5 Å². The van der Waals surface area contributed by atoms with Gasteiger partial charge >= 0.3 is 0 Å². The van der Waals surface area contributed by atoms with Gasteiger partial charge in [-0.25, -0.2) is 0 Å². The summed E-state index contributed by atoms with van der Waals surface area (Å²) in [6, 6.07) is 0.877. The molecule has 19 heavy (non-hydrogen) atoms. The SMILES string of the molecule is CCC1CCCCN1CC1C(N)C(C)(C)OC1(C)C. The molecule has 2 rings (SSSR count). The van der Waals surface area contributed by atoms with Crippen molar-refractivity contribution in [3.63, 3.8) is 0 Å². The van der Waals surface area contributed by atoms with Crippen molar-refractivity contribution < 1.29 is 4.74 Å². The number of piperidine rings is 1. The van der Waals surface area contributed by atoms with Crippen LogP contribution in [-0.4, -0.2) is 41.3 Å². The van der Waals surface area contributed by atoms with Gasteiger partial charge in [0.05, 0.1) is 11.2 Å². The highest BCUT2D eigenvalue weighted by molar-refractivity contribution is 5.05. The Morgan fingerprint density at radius 3 is 2.37 bits per heavy atom. The second kappa shape index (κ2) is 5.34. The Bertz CT molecular complexity index is 314. The molecule has 2 aliphatic heterocycles. The summed E-state index contributed by atoms with van der Waals surface area (Å²) in [6.45, 7) is 13.3. The predicted octanol–water partition coefficient (Wildman–Crippen LogP) is 2.78. The summed E-state index contributed by atoms with van der Waals surface area (Å²) in [7, 11) is 0. The zero-order valence-corrected chi connectivity index (χ0v) is 13.4. The lowest BCUT2D eigenvalue weighted by Crippen LogP contribution is -2.51. The van der Waals surface area contributed by atoms with E-state index in [9.17, 15) is 0 Å². The third-order valence-corrected chi connectivity index (χ3v) is 5.31. The van der Waals surface area contributed by atoms with Gasteiger partial charge < -0.3 is 10.5 Å². The van der Waals surface area contributed by atoms with Crippen molar-refractivity contribution in [2.45, 2.75) is 83.6 Å². The molecule has 2 N–H and O–H groups in total. The summed E-state index contributed by atoms with van der Waals surface area (Å²) in [6.07, 6.45) is 5.33. The van der Waals surface area contributed by atoms with Crippen molar-refractivity contribution in [3.8, 4) is 0 Å². The molecule has 0 amide bonds. The van der Waals surface area contributed by atoms with Crippen LogP contribution >= 0.6 is 0 Å². The molecular formula is C16H32N2O. The number of rotatable bonds is 3. The molecule has 0 aromatic carbocycles. The zero-order valence-electron chi connectivity index (χ0n) is 13.4. The highest BCUT2D eigenvalue weighted by Gasteiger charge is 2.52. The first-order chi connectivity index (χ1) is 8.78. The Kier molecular flexibility index (Phi) is 4.29. The van der Waals surface area contributed by atoms with E-state index in [-0.39, 0.29) is 17.2 Å². The molecule has 2 aliphatic rings. The maximum Gasteiger partial charge on any atom is 0.0788 e. The van der Waals surface area contributed by atoms with E-state index in [1.807, 2.05) is 0 Å². The maximum atomic E-state index is 6.48. The van der Waals surface area contributed by atoms with E-state index < -0.39 is 0 Å². The van der Waals surface area contributed by atoms with Gasteiger partial charge in [-0.2, -0.15) is 0 Å². The Balaban J connectivity index is 2.08. The highest BCUT2D eigenvalue weighted by Crippen LogP contribution is 2.42. The van der Waals surface area contributed by atoms with E-state index in [4.69, 9.17) is 10.5 Å². The standard InChI is InChI=1S/C16H32N2O/c1-6-12-9-7-8-10-18(12)11-13-14(17)16(4,5)19-15(13,2)3/h12-14H,6-11,17H2,1-5H3. The Morgan fingerprint density at radius 1 is 1.16 bits per heavy atom. The van der Waals surface area contributed by atoms with E-state index in [1.54, 1.807) is 0 Å². The second-order valence-electron chi connectivity index (χ2n) is 7.49. The maximum absolute atomic E-state index is 6.48. The summed E-state index contributed by atoms with van der Waals surface area (Å²) in [4.78, 5) is 2.67. The Morgan fingerprint density at radius 2 is 1.84 bits per heavy atom. The van der Waals surface area contributed by atoms with Crippen LogP contribution < -0.4 is 5.73 Å². The van der Waals surface area contributed by atoms with Crippen LogP contribution in [0.15, 0.2) is 0 Å². The van der Waals surface area contributed by atoms with E-state index in [0.29, 0.717) is 5.92 Å². The van der Waals surface area contributed by atoms with Crippen LogP contribution in [0.1, 0.15) is 60.3 Å². The molecular weight excluding hydrogens is 236 g/mol. The molecule has 2 heterocycles. The van der Waals surface area contributed by atoms with Crippen molar-refractivity contribution in [1.82, 2.24) is 4.90 Å². The van der Waals surface area contributed by atoms with Crippen LogP contribution in [-0.2, 0) is 4.74 Å². The zero-order chi connectivity index (χ0) is 14.3. The molecule has 112 valence electrons. The van der Waals surface area contributed by atoms with Gasteiger partial charge in [0.2, 0.25) is 0 Å². The molecule has 0 aromatic heterocycles. The third kappa shape index (κ3) is 2.98. The number of hydrogen-bond acceptors (Lipinski definition) is 3. The number of hydrogen-bond donors (Lipinski definition) is 1. The van der Waals surface area contributed by atoms with Gasteiger partial charge in [-0.05, 0) is 53.5 Å². The van der Waals surface area contributed by atoms with Gasteiger partial charge in [-0.15, -0.1) is 0 Å². The molecule has 2 saturated heterocycles. The van der Waals surface area contributed by atoms with Crippen molar-refractivity contribution in [1.29, 1.82) is 0 Å². The lowest BCUT2D eigenvalue weighted by molar-refractivity contribution is -0.0797. The molecule has 0 bridgehead atoms. The lowest BCUT2D eigenvalue weighted by atomic mass is 9.82. The van der Waals surface area contributed by atoms with Crippen LogP contribution in [0.25, 0.3) is 0 Å². The summed E-state index contributed by atoms with van der Waals surface area (Å²) >= 11 is 0. The van der Waals surface area contributed by atoms with Crippen LogP contribution in [0.3, 0.4) is 0 Å². The second-order valence-corrected chi connectivity index (χ2v) is 7.49. The fraction of sp³-hybridized carbons (Fsp3) is 1.00. The van der Waals surface area contributed by atoms with Gasteiger partial charge in [-0.3, -0.25) is 4.90 Å². The average Bonchev–Trinajstić information content (AvgIpc) is 2.48. The van der Waals surface area contributed by atoms with Gasteiger partial charge in [-0.1, -0.05) is 13.3 Å². The summed E-state index contributed by atoms with van der Waals surface area (Å²) in [5.41, 5.74) is 6.17. The van der Waals surface area contributed by atoms with Gasteiger partial charge in [0, 0.05) is 24.5 Å². The van der Waals surface area contributed by atoms with Crippen LogP contribution in [0.2, 0.25) is 0 Å². The minimum atomic E-state index is -0.203.